The Hall–Kier alpha value is -2.93. The number of pyridine rings is 1. The summed E-state index contributed by atoms with van der Waals surface area (Å²) in [6, 6.07) is 14.0. The second kappa shape index (κ2) is 8.61. The minimum absolute atomic E-state index is 0.0370. The average Bonchev–Trinajstić information content (AvgIpc) is 3.17. The lowest BCUT2D eigenvalue weighted by molar-refractivity contribution is 0.0934. The first-order valence-electron chi connectivity index (χ1n) is 9.73. The molecule has 0 saturated carbocycles. The number of anilines is 1. The summed E-state index contributed by atoms with van der Waals surface area (Å²) >= 11 is 1.40. The summed E-state index contributed by atoms with van der Waals surface area (Å²) in [5.41, 5.74) is 2.74. The van der Waals surface area contributed by atoms with E-state index in [1.54, 1.807) is 13.3 Å². The van der Waals surface area contributed by atoms with Gasteiger partial charge in [0.15, 0.2) is 0 Å². The highest BCUT2D eigenvalue weighted by Gasteiger charge is 2.24. The summed E-state index contributed by atoms with van der Waals surface area (Å²) in [5, 5.41) is 3.98. The number of amides is 1. The van der Waals surface area contributed by atoms with Crippen molar-refractivity contribution >= 4 is 22.9 Å². The van der Waals surface area contributed by atoms with Crippen LogP contribution in [0.3, 0.4) is 0 Å². The normalized spacial score (nSPS) is 14.6. The van der Waals surface area contributed by atoms with Crippen molar-refractivity contribution < 1.29 is 9.53 Å². The number of methoxy groups -OCH3 is 1. The Morgan fingerprint density at radius 2 is 1.93 bits per heavy atom. The minimum atomic E-state index is -0.0370. The third kappa shape index (κ3) is 4.40. The molecule has 0 unspecified atom stereocenters. The van der Waals surface area contributed by atoms with Crippen molar-refractivity contribution in [3.8, 4) is 16.5 Å². The van der Waals surface area contributed by atoms with Gasteiger partial charge >= 0.3 is 0 Å². The topological polar surface area (TPSA) is 67.3 Å². The van der Waals surface area contributed by atoms with Crippen LogP contribution in [-0.2, 0) is 0 Å². The Kier molecular flexibility index (Phi) is 5.76. The zero-order chi connectivity index (χ0) is 20.2. The van der Waals surface area contributed by atoms with Gasteiger partial charge in [0.1, 0.15) is 15.6 Å². The van der Waals surface area contributed by atoms with Gasteiger partial charge in [0, 0.05) is 31.0 Å². The Balaban J connectivity index is 1.36. The van der Waals surface area contributed by atoms with Crippen molar-refractivity contribution in [1.82, 2.24) is 15.3 Å². The lowest BCUT2D eigenvalue weighted by Gasteiger charge is -2.34. The molecule has 0 aliphatic carbocycles. The SMILES string of the molecule is COc1ccc(N2CCC(NC(=O)c3sc(-c4ccccn4)nc3C)CC2)cc1. The number of aryl methyl sites for hydroxylation is 1. The molecular formula is C22H24N4O2S. The second-order valence-corrected chi connectivity index (χ2v) is 8.08. The molecule has 0 bridgehead atoms. The largest absolute Gasteiger partial charge is 0.497 e. The van der Waals surface area contributed by atoms with Gasteiger partial charge in [-0.15, -0.1) is 11.3 Å². The number of rotatable bonds is 5. The number of carbonyl (C=O) groups excluding carboxylic acids is 1. The molecule has 1 N–H and O–H groups in total. The fourth-order valence-corrected chi connectivity index (χ4v) is 4.48. The first kappa shape index (κ1) is 19.4. The highest BCUT2D eigenvalue weighted by molar-refractivity contribution is 7.17. The monoisotopic (exact) mass is 408 g/mol. The van der Waals surface area contributed by atoms with Gasteiger partial charge in [-0.3, -0.25) is 9.78 Å². The van der Waals surface area contributed by atoms with E-state index in [2.05, 4.69) is 32.3 Å². The van der Waals surface area contributed by atoms with E-state index in [9.17, 15) is 4.79 Å². The average molecular weight is 409 g/mol. The zero-order valence-electron chi connectivity index (χ0n) is 16.6. The van der Waals surface area contributed by atoms with Crippen LogP contribution in [0.2, 0.25) is 0 Å². The molecule has 1 aliphatic rings. The molecule has 4 rings (SSSR count). The molecule has 0 atom stereocenters. The number of benzene rings is 1. The third-order valence-electron chi connectivity index (χ3n) is 5.15. The molecular weight excluding hydrogens is 384 g/mol. The highest BCUT2D eigenvalue weighted by Crippen LogP contribution is 2.27. The fourth-order valence-electron chi connectivity index (χ4n) is 3.53. The summed E-state index contributed by atoms with van der Waals surface area (Å²) in [6.07, 6.45) is 3.58. The molecule has 1 saturated heterocycles. The van der Waals surface area contributed by atoms with E-state index >= 15 is 0 Å². The smallest absolute Gasteiger partial charge is 0.263 e. The summed E-state index contributed by atoms with van der Waals surface area (Å²) in [6.45, 7) is 3.71. The van der Waals surface area contributed by atoms with E-state index < -0.39 is 0 Å². The summed E-state index contributed by atoms with van der Waals surface area (Å²) in [7, 11) is 1.67. The maximum Gasteiger partial charge on any atom is 0.263 e. The number of carbonyl (C=O) groups is 1. The van der Waals surface area contributed by atoms with Crippen molar-refractivity contribution in [3.63, 3.8) is 0 Å². The molecule has 3 aromatic rings. The Labute approximate surface area is 174 Å². The standard InChI is InChI=1S/C22H24N4O2S/c1-15-20(29-22(24-15)19-5-3-4-12-23-19)21(27)25-16-10-13-26(14-11-16)17-6-8-18(28-2)9-7-17/h3-9,12,16H,10-11,13-14H2,1-2H3,(H,25,27). The first-order chi connectivity index (χ1) is 14.1. The van der Waals surface area contributed by atoms with Gasteiger partial charge in [-0.2, -0.15) is 0 Å². The molecule has 1 fully saturated rings. The van der Waals surface area contributed by atoms with Crippen LogP contribution in [0, 0.1) is 6.92 Å². The fraction of sp³-hybridized carbons (Fsp3) is 0.318. The van der Waals surface area contributed by atoms with E-state index in [4.69, 9.17) is 4.74 Å². The van der Waals surface area contributed by atoms with Crippen LogP contribution in [0.5, 0.6) is 5.75 Å². The number of aromatic nitrogens is 2. The quantitative estimate of drug-likeness (QED) is 0.693. The highest BCUT2D eigenvalue weighted by atomic mass is 32.1. The van der Waals surface area contributed by atoms with E-state index in [-0.39, 0.29) is 11.9 Å². The molecule has 29 heavy (non-hydrogen) atoms. The molecule has 3 heterocycles. The Morgan fingerprint density at radius 1 is 1.17 bits per heavy atom. The summed E-state index contributed by atoms with van der Waals surface area (Å²) < 4.78 is 5.22. The zero-order valence-corrected chi connectivity index (χ0v) is 17.4. The first-order valence-corrected chi connectivity index (χ1v) is 10.5. The molecule has 7 heteroatoms. The molecule has 6 nitrogen and oxygen atoms in total. The van der Waals surface area contributed by atoms with Crippen LogP contribution in [0.4, 0.5) is 5.69 Å². The Bertz CT molecular complexity index is 964. The predicted octanol–water partition coefficient (Wildman–Crippen LogP) is 3.92. The minimum Gasteiger partial charge on any atom is -0.497 e. The van der Waals surface area contributed by atoms with Gasteiger partial charge in [-0.25, -0.2) is 4.98 Å². The lowest BCUT2D eigenvalue weighted by Crippen LogP contribution is -2.44. The van der Waals surface area contributed by atoms with Crippen molar-refractivity contribution in [1.29, 1.82) is 0 Å². The van der Waals surface area contributed by atoms with Crippen LogP contribution < -0.4 is 15.0 Å². The van der Waals surface area contributed by atoms with Crippen LogP contribution in [0.15, 0.2) is 48.7 Å². The summed E-state index contributed by atoms with van der Waals surface area (Å²) in [5.74, 6) is 0.825. The predicted molar refractivity (Wildman–Crippen MR) is 116 cm³/mol. The van der Waals surface area contributed by atoms with Crippen molar-refractivity contribution in [3.05, 3.63) is 59.2 Å². The van der Waals surface area contributed by atoms with Gasteiger partial charge in [0.05, 0.1) is 18.5 Å². The van der Waals surface area contributed by atoms with Crippen molar-refractivity contribution in [2.24, 2.45) is 0 Å². The van der Waals surface area contributed by atoms with Crippen molar-refractivity contribution in [2.75, 3.05) is 25.1 Å². The third-order valence-corrected chi connectivity index (χ3v) is 6.33. The van der Waals surface area contributed by atoms with E-state index in [1.807, 2.05) is 37.3 Å². The number of ether oxygens (including phenoxy) is 1. The van der Waals surface area contributed by atoms with Gasteiger partial charge in [0.2, 0.25) is 0 Å². The number of nitrogens with zero attached hydrogens (tertiary/aromatic N) is 3. The molecule has 0 radical (unpaired) electrons. The van der Waals surface area contributed by atoms with E-state index in [0.29, 0.717) is 4.88 Å². The van der Waals surface area contributed by atoms with Crippen LogP contribution in [-0.4, -0.2) is 42.1 Å². The van der Waals surface area contributed by atoms with Gasteiger partial charge in [-0.1, -0.05) is 6.07 Å². The van der Waals surface area contributed by atoms with Gasteiger partial charge in [0.25, 0.3) is 5.91 Å². The van der Waals surface area contributed by atoms with Gasteiger partial charge in [-0.05, 0) is 56.2 Å². The molecule has 1 amide bonds. The lowest BCUT2D eigenvalue weighted by atomic mass is 10.0. The molecule has 150 valence electrons. The number of piperidine rings is 1. The molecule has 1 aromatic carbocycles. The van der Waals surface area contributed by atoms with Gasteiger partial charge < -0.3 is 15.0 Å². The molecule has 1 aliphatic heterocycles. The maximum absolute atomic E-state index is 12.8. The number of hydrogen-bond donors (Lipinski definition) is 1. The van der Waals surface area contributed by atoms with E-state index in [0.717, 1.165) is 48.1 Å². The number of nitrogens with one attached hydrogen (secondary N) is 1. The number of hydrogen-bond acceptors (Lipinski definition) is 6. The molecule has 0 spiro atoms. The van der Waals surface area contributed by atoms with Crippen LogP contribution >= 0.6 is 11.3 Å². The summed E-state index contributed by atoms with van der Waals surface area (Å²) in [4.78, 5) is 24.7. The van der Waals surface area contributed by atoms with E-state index in [1.165, 1.54) is 17.0 Å². The Morgan fingerprint density at radius 3 is 2.59 bits per heavy atom. The van der Waals surface area contributed by atoms with Crippen LogP contribution in [0.1, 0.15) is 28.2 Å². The second-order valence-electron chi connectivity index (χ2n) is 7.08. The maximum atomic E-state index is 12.8. The van der Waals surface area contributed by atoms with Crippen molar-refractivity contribution in [2.45, 2.75) is 25.8 Å². The van der Waals surface area contributed by atoms with Crippen LogP contribution in [0.25, 0.3) is 10.7 Å². The molecule has 2 aromatic heterocycles. The number of thiazole rings is 1.